The number of hydrogen-bond donors (Lipinski definition) is 0. The number of carbonyl (C=O) groups is 2. The average Bonchev–Trinajstić information content (AvgIpc) is 2.79. The van der Waals surface area contributed by atoms with Crippen LogP contribution in [0.5, 0.6) is 0 Å². The lowest BCUT2D eigenvalue weighted by atomic mass is 10.1. The van der Waals surface area contributed by atoms with E-state index in [9.17, 15) is 9.59 Å². The molecule has 0 radical (unpaired) electrons. The van der Waals surface area contributed by atoms with Crippen LogP contribution in [0.15, 0.2) is 87.5 Å². The molecule has 33 heavy (non-hydrogen) atoms. The van der Waals surface area contributed by atoms with Crippen molar-refractivity contribution in [1.82, 2.24) is 0 Å². The zero-order valence-electron chi connectivity index (χ0n) is 18.3. The first kappa shape index (κ1) is 26.9. The van der Waals surface area contributed by atoms with Crippen molar-refractivity contribution in [3.8, 4) is 0 Å². The number of ether oxygens (including phenoxy) is 1. The molecular weight excluding hydrogens is 773 g/mol. The zero-order valence-corrected chi connectivity index (χ0v) is 25.6. The summed E-state index contributed by atoms with van der Waals surface area (Å²) in [6.45, 7) is 4.03. The summed E-state index contributed by atoms with van der Waals surface area (Å²) >= 11 is 6.77. The van der Waals surface area contributed by atoms with Crippen LogP contribution in [0.25, 0.3) is 0 Å². The van der Waals surface area contributed by atoms with E-state index >= 15 is 0 Å². The van der Waals surface area contributed by atoms with Crippen LogP contribution in [0.1, 0.15) is 37.0 Å². The van der Waals surface area contributed by atoms with Crippen LogP contribution < -0.4 is 0 Å². The highest BCUT2D eigenvalue weighted by Gasteiger charge is 2.29. The van der Waals surface area contributed by atoms with Gasteiger partial charge in [-0.1, -0.05) is 22.6 Å². The molecule has 0 amide bonds. The second-order valence-corrected chi connectivity index (χ2v) is 15.1. The number of esters is 1. The van der Waals surface area contributed by atoms with E-state index in [-0.39, 0.29) is 32.7 Å². The van der Waals surface area contributed by atoms with Gasteiger partial charge in [0.05, 0.1) is 26.5 Å². The summed E-state index contributed by atoms with van der Waals surface area (Å²) in [6.07, 6.45) is 0.954. The molecule has 3 nitrogen and oxygen atoms in total. The number of rotatable bonds is 9. The third-order valence-corrected chi connectivity index (χ3v) is 9.14. The van der Waals surface area contributed by atoms with E-state index in [2.05, 4.69) is 116 Å². The first-order chi connectivity index (χ1) is 15.6. The third-order valence-electron chi connectivity index (χ3n) is 4.87. The lowest BCUT2D eigenvalue weighted by Gasteiger charge is -2.14. The Labute approximate surface area is 239 Å². The van der Waals surface area contributed by atoms with Crippen LogP contribution in [-0.4, -0.2) is 21.8 Å². The SMILES string of the molecule is CC(C)(I)C(=O)CCCOC(=O)c1ccc([S+](c2ccc(I)cc2)c2ccc(I)cc2)cc1. The highest BCUT2D eigenvalue weighted by molar-refractivity contribution is 14.1. The van der Waals surface area contributed by atoms with E-state index in [1.54, 1.807) is 0 Å². The fraction of sp³-hybridized carbons (Fsp3) is 0.231. The summed E-state index contributed by atoms with van der Waals surface area (Å²) in [5, 5.41) is 0. The molecule has 172 valence electrons. The number of carbonyl (C=O) groups excluding carboxylic acids is 2. The Hall–Kier alpha value is -0.660. The van der Waals surface area contributed by atoms with Gasteiger partial charge in [-0.2, -0.15) is 0 Å². The molecule has 0 aliphatic carbocycles. The Morgan fingerprint density at radius 3 is 1.64 bits per heavy atom. The molecule has 0 N–H and O–H groups in total. The molecule has 0 spiro atoms. The molecule has 7 heteroatoms. The first-order valence-electron chi connectivity index (χ1n) is 10.4. The zero-order chi connectivity index (χ0) is 24.0. The second-order valence-electron chi connectivity index (χ2n) is 7.87. The number of halogens is 3. The number of Topliss-reactive ketones (excluding diaryl/α,β-unsaturated/α-hetero) is 1. The number of alkyl halides is 1. The molecular formula is C26H24I3O3S+. The van der Waals surface area contributed by atoms with E-state index in [1.165, 1.54) is 16.9 Å². The quantitative estimate of drug-likeness (QED) is 0.0734. The maximum atomic E-state index is 12.5. The lowest BCUT2D eigenvalue weighted by Crippen LogP contribution is -2.24. The molecule has 3 rings (SSSR count). The van der Waals surface area contributed by atoms with Gasteiger partial charge in [0.25, 0.3) is 0 Å². The van der Waals surface area contributed by atoms with Gasteiger partial charge < -0.3 is 4.74 Å². The summed E-state index contributed by atoms with van der Waals surface area (Å²) in [7, 11) is -0.270. The van der Waals surface area contributed by atoms with E-state index < -0.39 is 0 Å². The summed E-state index contributed by atoms with van der Waals surface area (Å²) in [5.74, 6) is -0.187. The van der Waals surface area contributed by atoms with Gasteiger partial charge in [-0.25, -0.2) is 4.79 Å². The number of hydrogen-bond acceptors (Lipinski definition) is 3. The third kappa shape index (κ3) is 7.93. The van der Waals surface area contributed by atoms with Crippen LogP contribution in [-0.2, 0) is 20.4 Å². The highest BCUT2D eigenvalue weighted by Crippen LogP contribution is 2.32. The predicted octanol–water partition coefficient (Wildman–Crippen LogP) is 7.71. The van der Waals surface area contributed by atoms with Gasteiger partial charge in [0, 0.05) is 13.6 Å². The Balaban J connectivity index is 1.72. The van der Waals surface area contributed by atoms with Gasteiger partial charge in [0.1, 0.15) is 5.78 Å². The summed E-state index contributed by atoms with van der Waals surface area (Å²) in [4.78, 5) is 28.1. The normalized spacial score (nSPS) is 11.5. The minimum atomic E-state index is -0.386. The van der Waals surface area contributed by atoms with Gasteiger partial charge in [-0.05, 0) is 138 Å². The van der Waals surface area contributed by atoms with Crippen molar-refractivity contribution in [1.29, 1.82) is 0 Å². The van der Waals surface area contributed by atoms with Crippen LogP contribution in [0.4, 0.5) is 0 Å². The van der Waals surface area contributed by atoms with E-state index in [0.29, 0.717) is 18.4 Å². The Morgan fingerprint density at radius 2 is 1.21 bits per heavy atom. The van der Waals surface area contributed by atoms with Crippen LogP contribution in [0, 0.1) is 7.14 Å². The highest BCUT2D eigenvalue weighted by atomic mass is 127. The summed E-state index contributed by atoms with van der Waals surface area (Å²) < 4.78 is 7.41. The molecule has 0 heterocycles. The van der Waals surface area contributed by atoms with Gasteiger partial charge in [-0.15, -0.1) is 0 Å². The molecule has 0 aromatic heterocycles. The topological polar surface area (TPSA) is 43.4 Å². The van der Waals surface area contributed by atoms with Crippen LogP contribution in [0.3, 0.4) is 0 Å². The van der Waals surface area contributed by atoms with Crippen molar-refractivity contribution in [2.75, 3.05) is 6.61 Å². The van der Waals surface area contributed by atoms with Gasteiger partial charge in [0.2, 0.25) is 0 Å². The van der Waals surface area contributed by atoms with Crippen LogP contribution >= 0.6 is 67.8 Å². The molecule has 0 fully saturated rings. The fourth-order valence-corrected chi connectivity index (χ4v) is 6.08. The molecule has 0 saturated carbocycles. The molecule has 0 atom stereocenters. The van der Waals surface area contributed by atoms with E-state index in [0.717, 1.165) is 4.90 Å². The van der Waals surface area contributed by atoms with Gasteiger partial charge in [0.15, 0.2) is 14.7 Å². The number of benzene rings is 3. The fourth-order valence-electron chi connectivity index (χ4n) is 3.05. The monoisotopic (exact) mass is 797 g/mol. The van der Waals surface area contributed by atoms with Gasteiger partial charge >= 0.3 is 5.97 Å². The predicted molar refractivity (Wildman–Crippen MR) is 160 cm³/mol. The standard InChI is InChI=1S/C26H24I3O3S/c1-26(2,29)24(30)4-3-17-32-25(31)18-5-11-21(12-6-18)33(22-13-7-19(27)8-14-22)23-15-9-20(28)10-16-23/h5-16H,3-4,17H2,1-2H3/q+1. The van der Waals surface area contributed by atoms with Crippen LogP contribution in [0.2, 0.25) is 0 Å². The second kappa shape index (κ2) is 12.3. The first-order valence-corrected chi connectivity index (χ1v) is 14.9. The van der Waals surface area contributed by atoms with Gasteiger partial charge in [-0.3, -0.25) is 4.79 Å². The Bertz CT molecular complexity index is 1040. The molecule has 3 aromatic rings. The molecule has 0 aliphatic rings. The van der Waals surface area contributed by atoms with E-state index in [1.807, 2.05) is 38.1 Å². The number of ketones is 1. The van der Waals surface area contributed by atoms with Crippen molar-refractivity contribution in [3.05, 3.63) is 85.5 Å². The smallest absolute Gasteiger partial charge is 0.338 e. The van der Waals surface area contributed by atoms with Crippen molar-refractivity contribution in [3.63, 3.8) is 0 Å². The molecule has 0 aliphatic heterocycles. The largest absolute Gasteiger partial charge is 0.462 e. The van der Waals surface area contributed by atoms with Crippen molar-refractivity contribution < 1.29 is 14.3 Å². The maximum absolute atomic E-state index is 12.5. The summed E-state index contributed by atoms with van der Waals surface area (Å²) in [6, 6.07) is 24.9. The Morgan fingerprint density at radius 1 is 0.788 bits per heavy atom. The lowest BCUT2D eigenvalue weighted by molar-refractivity contribution is -0.120. The molecule has 3 aromatic carbocycles. The maximum Gasteiger partial charge on any atom is 0.338 e. The molecule has 0 saturated heterocycles. The van der Waals surface area contributed by atoms with Crippen molar-refractivity contribution in [2.24, 2.45) is 0 Å². The average molecular weight is 797 g/mol. The van der Waals surface area contributed by atoms with Crippen molar-refractivity contribution in [2.45, 2.75) is 44.8 Å². The molecule has 0 bridgehead atoms. The minimum Gasteiger partial charge on any atom is -0.462 e. The minimum absolute atomic E-state index is 0.168. The summed E-state index contributed by atoms with van der Waals surface area (Å²) in [5.41, 5.74) is 0.521. The van der Waals surface area contributed by atoms with E-state index in [4.69, 9.17) is 4.74 Å². The molecule has 0 unspecified atom stereocenters. The Kier molecular flexibility index (Phi) is 10.1. The van der Waals surface area contributed by atoms with Crippen molar-refractivity contribution >= 4 is 90.4 Å².